The van der Waals surface area contributed by atoms with Gasteiger partial charge in [0.25, 0.3) is 0 Å². The Bertz CT molecular complexity index is 315. The molecule has 1 nitrogen and oxygen atoms in total. The molecule has 0 bridgehead atoms. The summed E-state index contributed by atoms with van der Waals surface area (Å²) in [7, 11) is 0. The van der Waals surface area contributed by atoms with E-state index in [-0.39, 0.29) is 15.5 Å². The molecule has 0 spiro atoms. The third-order valence-corrected chi connectivity index (χ3v) is 2.98. The SMILES string of the molecule is NCc1cc(F)c(Br)c(F)c1Br. The van der Waals surface area contributed by atoms with Crippen LogP contribution in [0, 0.1) is 11.6 Å². The smallest absolute Gasteiger partial charge is 0.154 e. The summed E-state index contributed by atoms with van der Waals surface area (Å²) in [6, 6.07) is 1.19. The number of halogens is 4. The third-order valence-electron chi connectivity index (χ3n) is 1.40. The molecule has 0 fully saturated rings. The zero-order valence-corrected chi connectivity index (χ0v) is 9.05. The average Bonchev–Trinajstić information content (AvgIpc) is 2.08. The van der Waals surface area contributed by atoms with Crippen LogP contribution in [0.4, 0.5) is 8.78 Å². The number of rotatable bonds is 1. The second kappa shape index (κ2) is 3.81. The molecule has 0 aliphatic heterocycles. The summed E-state index contributed by atoms with van der Waals surface area (Å²) in [6.07, 6.45) is 0. The van der Waals surface area contributed by atoms with Gasteiger partial charge < -0.3 is 5.73 Å². The molecule has 66 valence electrons. The Morgan fingerprint density at radius 1 is 1.25 bits per heavy atom. The van der Waals surface area contributed by atoms with Crippen LogP contribution >= 0.6 is 31.9 Å². The summed E-state index contributed by atoms with van der Waals surface area (Å²) >= 11 is 5.75. The summed E-state index contributed by atoms with van der Waals surface area (Å²) < 4.78 is 25.9. The van der Waals surface area contributed by atoms with Crippen LogP contribution in [0.3, 0.4) is 0 Å². The van der Waals surface area contributed by atoms with Crippen molar-refractivity contribution in [2.24, 2.45) is 5.73 Å². The highest BCUT2D eigenvalue weighted by Crippen LogP contribution is 2.29. The molecule has 0 atom stereocenters. The third kappa shape index (κ3) is 1.67. The first-order chi connectivity index (χ1) is 5.57. The molecule has 0 aliphatic carbocycles. The van der Waals surface area contributed by atoms with Gasteiger partial charge in [-0.1, -0.05) is 0 Å². The van der Waals surface area contributed by atoms with Gasteiger partial charge in [-0.25, -0.2) is 8.78 Å². The number of benzene rings is 1. The zero-order chi connectivity index (χ0) is 9.30. The van der Waals surface area contributed by atoms with Crippen LogP contribution < -0.4 is 5.73 Å². The molecule has 0 heterocycles. The van der Waals surface area contributed by atoms with Gasteiger partial charge in [0.2, 0.25) is 0 Å². The first-order valence-corrected chi connectivity index (χ1v) is 4.68. The van der Waals surface area contributed by atoms with E-state index in [1.165, 1.54) is 6.07 Å². The van der Waals surface area contributed by atoms with E-state index in [4.69, 9.17) is 5.73 Å². The van der Waals surface area contributed by atoms with E-state index < -0.39 is 11.6 Å². The lowest BCUT2D eigenvalue weighted by atomic mass is 10.2. The van der Waals surface area contributed by atoms with E-state index in [9.17, 15) is 8.78 Å². The van der Waals surface area contributed by atoms with Crippen molar-refractivity contribution >= 4 is 31.9 Å². The second-order valence-electron chi connectivity index (χ2n) is 2.16. The highest BCUT2D eigenvalue weighted by molar-refractivity contribution is 9.11. The van der Waals surface area contributed by atoms with Gasteiger partial charge in [-0.2, -0.15) is 0 Å². The fourth-order valence-electron chi connectivity index (χ4n) is 0.770. The Hall–Kier alpha value is -0.0000000000000000555. The van der Waals surface area contributed by atoms with Crippen molar-refractivity contribution in [3.05, 3.63) is 32.2 Å². The van der Waals surface area contributed by atoms with Crippen molar-refractivity contribution in [2.75, 3.05) is 0 Å². The number of nitrogens with two attached hydrogens (primary N) is 1. The van der Waals surface area contributed by atoms with Crippen molar-refractivity contribution in [2.45, 2.75) is 6.54 Å². The fourth-order valence-corrected chi connectivity index (χ4v) is 1.82. The highest BCUT2D eigenvalue weighted by Gasteiger charge is 2.13. The van der Waals surface area contributed by atoms with E-state index in [2.05, 4.69) is 31.9 Å². The molecule has 1 aromatic carbocycles. The molecule has 0 unspecified atom stereocenters. The Morgan fingerprint density at radius 3 is 2.33 bits per heavy atom. The molecule has 1 rings (SSSR count). The maximum atomic E-state index is 13.0. The largest absolute Gasteiger partial charge is 0.326 e. The molecule has 1 aromatic rings. The predicted molar refractivity (Wildman–Crippen MR) is 49.6 cm³/mol. The lowest BCUT2D eigenvalue weighted by Gasteiger charge is -2.04. The Balaban J connectivity index is 3.39. The van der Waals surface area contributed by atoms with Crippen LogP contribution in [0.1, 0.15) is 5.56 Å². The van der Waals surface area contributed by atoms with Crippen molar-refractivity contribution in [3.63, 3.8) is 0 Å². The standard InChI is InChI=1S/C7H5Br2F2N/c8-5-3(2-12)1-4(10)6(9)7(5)11/h1H,2,12H2. The number of hydrogen-bond donors (Lipinski definition) is 1. The van der Waals surface area contributed by atoms with Gasteiger partial charge in [0.05, 0.1) is 8.95 Å². The van der Waals surface area contributed by atoms with Gasteiger partial charge in [-0.3, -0.25) is 0 Å². The van der Waals surface area contributed by atoms with E-state index in [0.717, 1.165) is 0 Å². The van der Waals surface area contributed by atoms with Crippen molar-refractivity contribution in [3.8, 4) is 0 Å². The molecule has 0 amide bonds. The summed E-state index contributed by atoms with van der Waals surface area (Å²) in [6.45, 7) is 0.0989. The number of hydrogen-bond acceptors (Lipinski definition) is 1. The van der Waals surface area contributed by atoms with Crippen LogP contribution in [0.25, 0.3) is 0 Å². The normalized spacial score (nSPS) is 10.4. The van der Waals surface area contributed by atoms with Gasteiger partial charge in [-0.05, 0) is 43.5 Å². The fraction of sp³-hybridized carbons (Fsp3) is 0.143. The van der Waals surface area contributed by atoms with Crippen LogP contribution in [0.2, 0.25) is 0 Å². The molecule has 0 radical (unpaired) electrons. The second-order valence-corrected chi connectivity index (χ2v) is 3.75. The Labute approximate surface area is 85.2 Å². The monoisotopic (exact) mass is 299 g/mol. The van der Waals surface area contributed by atoms with Gasteiger partial charge in [0.15, 0.2) is 5.82 Å². The first-order valence-electron chi connectivity index (χ1n) is 3.10. The first kappa shape index (κ1) is 10.1. The summed E-state index contributed by atoms with van der Waals surface area (Å²) in [4.78, 5) is 0. The Morgan fingerprint density at radius 2 is 1.83 bits per heavy atom. The molecule has 12 heavy (non-hydrogen) atoms. The van der Waals surface area contributed by atoms with Crippen LogP contribution in [0.5, 0.6) is 0 Å². The van der Waals surface area contributed by atoms with Gasteiger partial charge in [0.1, 0.15) is 5.82 Å². The molecule has 0 aliphatic rings. The molecule has 0 saturated carbocycles. The van der Waals surface area contributed by atoms with Crippen molar-refractivity contribution in [1.82, 2.24) is 0 Å². The average molecular weight is 301 g/mol. The molecule has 0 saturated heterocycles. The lowest BCUT2D eigenvalue weighted by Crippen LogP contribution is -2.01. The maximum Gasteiger partial charge on any atom is 0.154 e. The Kier molecular flexibility index (Phi) is 3.20. The zero-order valence-electron chi connectivity index (χ0n) is 5.87. The van der Waals surface area contributed by atoms with E-state index in [1.54, 1.807) is 0 Å². The highest BCUT2D eigenvalue weighted by atomic mass is 79.9. The van der Waals surface area contributed by atoms with E-state index >= 15 is 0 Å². The van der Waals surface area contributed by atoms with Gasteiger partial charge >= 0.3 is 0 Å². The molecular weight excluding hydrogens is 296 g/mol. The summed E-state index contributed by atoms with van der Waals surface area (Å²) in [5.41, 5.74) is 5.67. The summed E-state index contributed by atoms with van der Waals surface area (Å²) in [5.74, 6) is -1.30. The van der Waals surface area contributed by atoms with Gasteiger partial charge in [-0.15, -0.1) is 0 Å². The minimum Gasteiger partial charge on any atom is -0.326 e. The minimum atomic E-state index is -0.657. The molecular formula is C7H5Br2F2N. The van der Waals surface area contributed by atoms with Crippen molar-refractivity contribution < 1.29 is 8.78 Å². The molecule has 5 heteroatoms. The van der Waals surface area contributed by atoms with Crippen LogP contribution in [-0.4, -0.2) is 0 Å². The van der Waals surface area contributed by atoms with Crippen LogP contribution in [-0.2, 0) is 6.54 Å². The summed E-state index contributed by atoms with van der Waals surface area (Å²) in [5, 5.41) is 0. The maximum absolute atomic E-state index is 13.0. The quantitative estimate of drug-likeness (QED) is 0.626. The van der Waals surface area contributed by atoms with E-state index in [1.807, 2.05) is 0 Å². The molecule has 0 aromatic heterocycles. The molecule has 2 N–H and O–H groups in total. The van der Waals surface area contributed by atoms with E-state index in [0.29, 0.717) is 5.56 Å². The predicted octanol–water partition coefficient (Wildman–Crippen LogP) is 2.95. The van der Waals surface area contributed by atoms with Crippen LogP contribution in [0.15, 0.2) is 15.0 Å². The topological polar surface area (TPSA) is 26.0 Å². The lowest BCUT2D eigenvalue weighted by molar-refractivity contribution is 0.563. The minimum absolute atomic E-state index is 0.0989. The van der Waals surface area contributed by atoms with Gasteiger partial charge in [0, 0.05) is 6.54 Å². The van der Waals surface area contributed by atoms with Crippen molar-refractivity contribution in [1.29, 1.82) is 0 Å².